The van der Waals surface area contributed by atoms with Crippen LogP contribution in [0, 0.1) is 0 Å². The summed E-state index contributed by atoms with van der Waals surface area (Å²) >= 11 is 1.62. The molecular weight excluding hydrogens is 248 g/mol. The zero-order valence-electron chi connectivity index (χ0n) is 9.91. The van der Waals surface area contributed by atoms with E-state index in [1.807, 2.05) is 23.6 Å². The highest BCUT2D eigenvalue weighted by Gasteiger charge is 2.08. The van der Waals surface area contributed by atoms with Crippen LogP contribution in [-0.2, 0) is 13.0 Å². The summed E-state index contributed by atoms with van der Waals surface area (Å²) in [5.41, 5.74) is 1.42. The molecule has 6 heteroatoms. The highest BCUT2D eigenvalue weighted by molar-refractivity contribution is 7.09. The number of hydrogen-bond acceptors (Lipinski definition) is 4. The Bertz CT molecular complexity index is 740. The van der Waals surface area contributed by atoms with Gasteiger partial charge in [0.2, 0.25) is 0 Å². The van der Waals surface area contributed by atoms with Gasteiger partial charge in [0, 0.05) is 11.6 Å². The third-order valence-electron chi connectivity index (χ3n) is 2.70. The van der Waals surface area contributed by atoms with Gasteiger partial charge in [-0.3, -0.25) is 4.40 Å². The first-order valence-corrected chi connectivity index (χ1v) is 6.63. The topological polar surface area (TPSA) is 52.2 Å². The Morgan fingerprint density at radius 1 is 1.39 bits per heavy atom. The minimum atomic E-state index is -0.128. The molecule has 3 aromatic rings. The minimum Gasteiger partial charge on any atom is -0.250 e. The van der Waals surface area contributed by atoms with Crippen molar-refractivity contribution in [2.75, 3.05) is 0 Å². The maximum Gasteiger partial charge on any atom is 0.350 e. The molecule has 18 heavy (non-hydrogen) atoms. The van der Waals surface area contributed by atoms with Gasteiger partial charge in [-0.1, -0.05) is 13.0 Å². The molecule has 0 spiro atoms. The first kappa shape index (κ1) is 11.2. The highest BCUT2D eigenvalue weighted by Crippen LogP contribution is 2.10. The number of thiazole rings is 1. The normalized spacial score (nSPS) is 11.2. The van der Waals surface area contributed by atoms with Crippen molar-refractivity contribution in [2.45, 2.75) is 19.9 Å². The van der Waals surface area contributed by atoms with E-state index in [0.29, 0.717) is 12.2 Å². The summed E-state index contributed by atoms with van der Waals surface area (Å²) in [4.78, 5) is 16.5. The lowest BCUT2D eigenvalue weighted by Gasteiger charge is -1.94. The predicted octanol–water partition coefficient (Wildman–Crippen LogP) is 1.56. The van der Waals surface area contributed by atoms with Crippen LogP contribution in [0.25, 0.3) is 5.65 Å². The standard InChI is InChI=1S/C12H12N4OS/c1-2-11-13-9(8-18-11)7-16-12(17)15-6-4-3-5-10(15)14-16/h3-6,8H,2,7H2,1H3. The van der Waals surface area contributed by atoms with E-state index in [1.54, 1.807) is 17.5 Å². The van der Waals surface area contributed by atoms with Crippen LogP contribution in [0.5, 0.6) is 0 Å². The SMILES string of the molecule is CCc1nc(Cn2nc3ccccn3c2=O)cs1. The summed E-state index contributed by atoms with van der Waals surface area (Å²) in [5.74, 6) is 0. The zero-order valence-corrected chi connectivity index (χ0v) is 10.7. The average Bonchev–Trinajstić information content (AvgIpc) is 2.97. The molecule has 3 heterocycles. The van der Waals surface area contributed by atoms with E-state index in [-0.39, 0.29) is 5.69 Å². The lowest BCUT2D eigenvalue weighted by molar-refractivity contribution is 0.647. The van der Waals surface area contributed by atoms with E-state index in [0.717, 1.165) is 17.1 Å². The van der Waals surface area contributed by atoms with Gasteiger partial charge in [-0.2, -0.15) is 0 Å². The van der Waals surface area contributed by atoms with Crippen LogP contribution >= 0.6 is 11.3 Å². The number of aromatic nitrogens is 4. The first-order valence-electron chi connectivity index (χ1n) is 5.75. The van der Waals surface area contributed by atoms with E-state index in [4.69, 9.17) is 0 Å². The number of pyridine rings is 1. The van der Waals surface area contributed by atoms with Crippen molar-refractivity contribution < 1.29 is 0 Å². The van der Waals surface area contributed by atoms with Gasteiger partial charge in [0.15, 0.2) is 5.65 Å². The van der Waals surface area contributed by atoms with Gasteiger partial charge < -0.3 is 0 Å². The quantitative estimate of drug-likeness (QED) is 0.718. The lowest BCUT2D eigenvalue weighted by Crippen LogP contribution is -2.21. The molecule has 0 aromatic carbocycles. The fourth-order valence-electron chi connectivity index (χ4n) is 1.81. The van der Waals surface area contributed by atoms with E-state index in [1.165, 1.54) is 9.08 Å². The van der Waals surface area contributed by atoms with Gasteiger partial charge in [0.25, 0.3) is 0 Å². The van der Waals surface area contributed by atoms with Gasteiger partial charge in [0.05, 0.1) is 17.2 Å². The van der Waals surface area contributed by atoms with Crippen LogP contribution in [0.3, 0.4) is 0 Å². The number of fused-ring (bicyclic) bond motifs is 1. The molecule has 0 N–H and O–H groups in total. The third-order valence-corrected chi connectivity index (χ3v) is 3.74. The Balaban J connectivity index is 1.99. The van der Waals surface area contributed by atoms with Gasteiger partial charge in [-0.15, -0.1) is 16.4 Å². The highest BCUT2D eigenvalue weighted by atomic mass is 32.1. The van der Waals surface area contributed by atoms with Crippen molar-refractivity contribution in [2.24, 2.45) is 0 Å². The summed E-state index contributed by atoms with van der Waals surface area (Å²) in [6, 6.07) is 5.50. The van der Waals surface area contributed by atoms with Crippen LogP contribution in [0.2, 0.25) is 0 Å². The second kappa shape index (κ2) is 4.38. The fraction of sp³-hybridized carbons (Fsp3) is 0.250. The van der Waals surface area contributed by atoms with Gasteiger partial charge >= 0.3 is 5.69 Å². The monoisotopic (exact) mass is 260 g/mol. The molecule has 0 aliphatic rings. The number of hydrogen-bond donors (Lipinski definition) is 0. The van der Waals surface area contributed by atoms with Gasteiger partial charge in [-0.25, -0.2) is 14.5 Å². The molecule has 0 radical (unpaired) electrons. The molecule has 3 aromatic heterocycles. The molecule has 0 amide bonds. The van der Waals surface area contributed by atoms with Crippen LogP contribution in [0.1, 0.15) is 17.6 Å². The van der Waals surface area contributed by atoms with Gasteiger partial charge in [0.1, 0.15) is 0 Å². The summed E-state index contributed by atoms with van der Waals surface area (Å²) in [6.07, 6.45) is 2.64. The van der Waals surface area contributed by atoms with E-state index in [2.05, 4.69) is 17.0 Å². The first-order chi connectivity index (χ1) is 8.78. The number of rotatable bonds is 3. The van der Waals surface area contributed by atoms with E-state index >= 15 is 0 Å². The molecule has 0 saturated carbocycles. The molecular formula is C12H12N4OS. The molecule has 0 bridgehead atoms. The van der Waals surface area contributed by atoms with Crippen molar-refractivity contribution in [3.63, 3.8) is 0 Å². The molecule has 0 saturated heterocycles. The molecule has 5 nitrogen and oxygen atoms in total. The maximum atomic E-state index is 12.0. The van der Waals surface area contributed by atoms with Crippen LogP contribution in [0.4, 0.5) is 0 Å². The van der Waals surface area contributed by atoms with Gasteiger partial charge in [-0.05, 0) is 18.6 Å². The minimum absolute atomic E-state index is 0.128. The Morgan fingerprint density at radius 3 is 3.00 bits per heavy atom. The molecule has 3 rings (SSSR count). The smallest absolute Gasteiger partial charge is 0.250 e. The second-order valence-electron chi connectivity index (χ2n) is 3.96. The van der Waals surface area contributed by atoms with Crippen molar-refractivity contribution in [1.29, 1.82) is 0 Å². The van der Waals surface area contributed by atoms with Crippen molar-refractivity contribution in [3.8, 4) is 0 Å². The molecule has 0 atom stereocenters. The molecule has 92 valence electrons. The maximum absolute atomic E-state index is 12.0. The van der Waals surface area contributed by atoms with E-state index in [9.17, 15) is 4.79 Å². The Morgan fingerprint density at radius 2 is 2.28 bits per heavy atom. The van der Waals surface area contributed by atoms with Crippen LogP contribution in [-0.4, -0.2) is 19.2 Å². The molecule has 0 unspecified atom stereocenters. The number of aryl methyl sites for hydroxylation is 1. The van der Waals surface area contributed by atoms with E-state index < -0.39 is 0 Å². The summed E-state index contributed by atoms with van der Waals surface area (Å²) in [5, 5.41) is 7.34. The third kappa shape index (κ3) is 1.84. The predicted molar refractivity (Wildman–Crippen MR) is 70.0 cm³/mol. The van der Waals surface area contributed by atoms with Crippen molar-refractivity contribution in [3.05, 3.63) is 51.0 Å². The Hall–Kier alpha value is -1.95. The zero-order chi connectivity index (χ0) is 12.5. The fourth-order valence-corrected chi connectivity index (χ4v) is 2.54. The lowest BCUT2D eigenvalue weighted by atomic mass is 10.4. The van der Waals surface area contributed by atoms with Crippen molar-refractivity contribution in [1.82, 2.24) is 19.2 Å². The van der Waals surface area contributed by atoms with Crippen LogP contribution in [0.15, 0.2) is 34.6 Å². The molecule has 0 aliphatic carbocycles. The molecule has 0 aliphatic heterocycles. The summed E-state index contributed by atoms with van der Waals surface area (Å²) in [7, 11) is 0. The Labute approximate surface area is 107 Å². The number of nitrogens with zero attached hydrogens (tertiary/aromatic N) is 4. The Kier molecular flexibility index (Phi) is 2.71. The largest absolute Gasteiger partial charge is 0.350 e. The van der Waals surface area contributed by atoms with Crippen LogP contribution < -0.4 is 5.69 Å². The molecule has 0 fully saturated rings. The second-order valence-corrected chi connectivity index (χ2v) is 4.90. The summed E-state index contributed by atoms with van der Waals surface area (Å²) in [6.45, 7) is 2.50. The van der Waals surface area contributed by atoms with Crippen molar-refractivity contribution >= 4 is 17.0 Å². The summed E-state index contributed by atoms with van der Waals surface area (Å²) < 4.78 is 2.98. The average molecular weight is 260 g/mol.